The molecule has 128 valence electrons. The normalized spacial score (nSPS) is 20.3. The quantitative estimate of drug-likeness (QED) is 0.812. The Morgan fingerprint density at radius 1 is 1.38 bits per heavy atom. The minimum absolute atomic E-state index is 0.00933. The number of aliphatic hydroxyl groups is 1. The third-order valence-electron chi connectivity index (χ3n) is 4.31. The molecular weight excluding hydrogens is 308 g/mol. The Morgan fingerprint density at radius 2 is 2.25 bits per heavy atom. The van der Waals surface area contributed by atoms with Gasteiger partial charge in [0.05, 0.1) is 19.1 Å². The summed E-state index contributed by atoms with van der Waals surface area (Å²) in [5, 5.41) is 10.8. The number of imidazole rings is 1. The lowest BCUT2D eigenvalue weighted by atomic mass is 10.0. The van der Waals surface area contributed by atoms with Gasteiger partial charge in [0, 0.05) is 57.9 Å². The van der Waals surface area contributed by atoms with E-state index in [0.717, 1.165) is 5.82 Å². The van der Waals surface area contributed by atoms with Gasteiger partial charge in [0.2, 0.25) is 5.91 Å². The smallest absolute Gasteiger partial charge is 0.224 e. The molecule has 3 heterocycles. The summed E-state index contributed by atoms with van der Waals surface area (Å²) >= 11 is 0. The number of aryl methyl sites for hydroxylation is 1. The van der Waals surface area contributed by atoms with E-state index in [1.165, 1.54) is 0 Å². The fraction of sp³-hybridized carbons (Fsp3) is 0.500. The first-order valence-electron chi connectivity index (χ1n) is 7.99. The molecule has 0 bridgehead atoms. The maximum absolute atomic E-state index is 12.3. The highest BCUT2D eigenvalue weighted by Crippen LogP contribution is 2.25. The summed E-state index contributed by atoms with van der Waals surface area (Å²) in [6.45, 7) is 2.05. The molecule has 8 heteroatoms. The summed E-state index contributed by atoms with van der Waals surface area (Å²) in [6.07, 6.45) is 11.1. The number of carbonyl (C=O) groups is 1. The zero-order chi connectivity index (χ0) is 17.0. The van der Waals surface area contributed by atoms with Gasteiger partial charge in [-0.3, -0.25) is 9.78 Å². The van der Waals surface area contributed by atoms with Crippen molar-refractivity contribution in [1.29, 1.82) is 0 Å². The summed E-state index contributed by atoms with van der Waals surface area (Å²) in [7, 11) is 1.74. The van der Waals surface area contributed by atoms with Crippen LogP contribution in [0.5, 0.6) is 0 Å². The van der Waals surface area contributed by atoms with Crippen molar-refractivity contribution in [3.8, 4) is 0 Å². The number of carbonyl (C=O) groups excluding carboxylic acids is 1. The molecule has 1 N–H and O–H groups in total. The number of likely N-dealkylation sites (N-methyl/N-ethyl adjacent to an activating group) is 1. The first kappa shape index (κ1) is 16.4. The van der Waals surface area contributed by atoms with Crippen molar-refractivity contribution in [3.63, 3.8) is 0 Å². The maximum Gasteiger partial charge on any atom is 0.224 e. The van der Waals surface area contributed by atoms with Gasteiger partial charge in [-0.2, -0.15) is 0 Å². The molecule has 1 atom stereocenters. The Labute approximate surface area is 140 Å². The van der Waals surface area contributed by atoms with Crippen LogP contribution in [0.2, 0.25) is 0 Å². The predicted octanol–water partition coefficient (Wildman–Crippen LogP) is 0.163. The number of amides is 1. The van der Waals surface area contributed by atoms with Gasteiger partial charge < -0.3 is 19.5 Å². The molecular formula is C16H22N6O2. The molecule has 3 rings (SSSR count). The van der Waals surface area contributed by atoms with Crippen LogP contribution in [-0.4, -0.2) is 67.7 Å². The summed E-state index contributed by atoms with van der Waals surface area (Å²) < 4.78 is 1.87. The third-order valence-corrected chi connectivity index (χ3v) is 4.31. The summed E-state index contributed by atoms with van der Waals surface area (Å²) in [6, 6.07) is 0. The molecule has 1 fully saturated rings. The topological polar surface area (TPSA) is 87.4 Å². The molecule has 1 aliphatic rings. The number of β-amino-alcohol motifs (C(OH)–C–C–N with tert-alkyl or cyclic N) is 1. The molecule has 0 unspecified atom stereocenters. The van der Waals surface area contributed by atoms with Gasteiger partial charge in [-0.1, -0.05) is 0 Å². The predicted molar refractivity (Wildman–Crippen MR) is 88.3 cm³/mol. The molecule has 1 saturated heterocycles. The van der Waals surface area contributed by atoms with Crippen molar-refractivity contribution in [1.82, 2.24) is 24.4 Å². The molecule has 1 amide bonds. The summed E-state index contributed by atoms with van der Waals surface area (Å²) in [5.41, 5.74) is -0.920. The van der Waals surface area contributed by atoms with Crippen LogP contribution in [0.1, 0.15) is 12.8 Å². The van der Waals surface area contributed by atoms with E-state index in [-0.39, 0.29) is 5.91 Å². The highest BCUT2D eigenvalue weighted by Gasteiger charge is 2.38. The van der Waals surface area contributed by atoms with Gasteiger partial charge >= 0.3 is 0 Å². The number of rotatable bonds is 6. The Balaban J connectivity index is 1.52. The Kier molecular flexibility index (Phi) is 4.75. The molecule has 8 nitrogen and oxygen atoms in total. The highest BCUT2D eigenvalue weighted by molar-refractivity contribution is 5.75. The van der Waals surface area contributed by atoms with Gasteiger partial charge in [-0.05, 0) is 6.42 Å². The second-order valence-electron chi connectivity index (χ2n) is 6.26. The highest BCUT2D eigenvalue weighted by atomic mass is 16.3. The summed E-state index contributed by atoms with van der Waals surface area (Å²) in [5.74, 6) is 0.762. The van der Waals surface area contributed by atoms with E-state index in [2.05, 4.69) is 15.0 Å². The van der Waals surface area contributed by atoms with Gasteiger partial charge in [0.15, 0.2) is 0 Å². The first-order chi connectivity index (χ1) is 11.6. The van der Waals surface area contributed by atoms with Crippen LogP contribution < -0.4 is 4.90 Å². The lowest BCUT2D eigenvalue weighted by molar-refractivity contribution is -0.133. The fourth-order valence-corrected chi connectivity index (χ4v) is 3.00. The van der Waals surface area contributed by atoms with Crippen LogP contribution in [-0.2, 0) is 11.3 Å². The largest absolute Gasteiger partial charge is 0.386 e. The monoisotopic (exact) mass is 330 g/mol. The third kappa shape index (κ3) is 3.88. The molecule has 1 aliphatic heterocycles. The van der Waals surface area contributed by atoms with E-state index in [0.29, 0.717) is 39.0 Å². The number of anilines is 1. The molecule has 2 aromatic heterocycles. The Morgan fingerprint density at radius 3 is 2.96 bits per heavy atom. The average Bonchev–Trinajstić information content (AvgIpc) is 3.23. The zero-order valence-corrected chi connectivity index (χ0v) is 13.7. The Hall–Kier alpha value is -2.48. The van der Waals surface area contributed by atoms with Crippen molar-refractivity contribution < 1.29 is 9.90 Å². The lowest BCUT2D eigenvalue weighted by Gasteiger charge is -2.29. The minimum atomic E-state index is -0.920. The van der Waals surface area contributed by atoms with Crippen molar-refractivity contribution in [2.45, 2.75) is 25.0 Å². The van der Waals surface area contributed by atoms with Crippen molar-refractivity contribution in [3.05, 3.63) is 37.3 Å². The van der Waals surface area contributed by atoms with E-state index < -0.39 is 5.60 Å². The fourth-order valence-electron chi connectivity index (χ4n) is 3.00. The van der Waals surface area contributed by atoms with E-state index in [9.17, 15) is 9.90 Å². The average molecular weight is 330 g/mol. The van der Waals surface area contributed by atoms with E-state index >= 15 is 0 Å². The number of hydrogen-bond donors (Lipinski definition) is 1. The molecule has 0 spiro atoms. The minimum Gasteiger partial charge on any atom is -0.386 e. The van der Waals surface area contributed by atoms with Gasteiger partial charge in [-0.15, -0.1) is 0 Å². The van der Waals surface area contributed by atoms with Crippen molar-refractivity contribution >= 4 is 11.7 Å². The molecule has 0 aromatic carbocycles. The maximum atomic E-state index is 12.3. The molecule has 0 saturated carbocycles. The lowest BCUT2D eigenvalue weighted by Crippen LogP contribution is -2.46. The van der Waals surface area contributed by atoms with Crippen molar-refractivity contribution in [2.24, 2.45) is 0 Å². The van der Waals surface area contributed by atoms with Gasteiger partial charge in [0.25, 0.3) is 0 Å². The molecule has 0 aliphatic carbocycles. The van der Waals surface area contributed by atoms with Crippen LogP contribution in [0.15, 0.2) is 37.3 Å². The second-order valence-corrected chi connectivity index (χ2v) is 6.26. The molecule has 2 aromatic rings. The number of nitrogens with zero attached hydrogens (tertiary/aromatic N) is 6. The van der Waals surface area contributed by atoms with Crippen LogP contribution in [0.3, 0.4) is 0 Å². The summed E-state index contributed by atoms with van der Waals surface area (Å²) in [4.78, 5) is 28.1. The van der Waals surface area contributed by atoms with E-state index in [4.69, 9.17) is 0 Å². The van der Waals surface area contributed by atoms with E-state index in [1.807, 2.05) is 15.7 Å². The van der Waals surface area contributed by atoms with Crippen LogP contribution in [0.25, 0.3) is 0 Å². The van der Waals surface area contributed by atoms with E-state index in [1.54, 1.807) is 43.1 Å². The molecule has 24 heavy (non-hydrogen) atoms. The zero-order valence-electron chi connectivity index (χ0n) is 13.7. The second kappa shape index (κ2) is 6.96. The Bertz CT molecular complexity index is 662. The van der Waals surface area contributed by atoms with Gasteiger partial charge in [-0.25, -0.2) is 9.97 Å². The van der Waals surface area contributed by atoms with Crippen LogP contribution >= 0.6 is 0 Å². The molecule has 0 radical (unpaired) electrons. The first-order valence-corrected chi connectivity index (χ1v) is 7.99. The van der Waals surface area contributed by atoms with Crippen LogP contribution in [0.4, 0.5) is 5.82 Å². The van der Waals surface area contributed by atoms with Gasteiger partial charge in [0.1, 0.15) is 11.4 Å². The van der Waals surface area contributed by atoms with Crippen LogP contribution in [0, 0.1) is 0 Å². The standard InChI is InChI=1S/C16H22N6O2/c1-20(15(23)2-7-21-9-6-18-13-21)11-16(24)3-8-22(12-16)14-10-17-4-5-19-14/h4-6,9-10,13,24H,2-3,7-8,11-12H2,1H3/t16-/m0/s1. The number of hydrogen-bond acceptors (Lipinski definition) is 6. The number of aromatic nitrogens is 4. The van der Waals surface area contributed by atoms with Crippen molar-refractivity contribution in [2.75, 3.05) is 31.6 Å². The SMILES string of the molecule is CN(C[C@@]1(O)CCN(c2cnccn2)C1)C(=O)CCn1ccnc1.